The van der Waals surface area contributed by atoms with E-state index in [1.165, 1.54) is 0 Å². The van der Waals surface area contributed by atoms with Crippen molar-refractivity contribution in [2.45, 2.75) is 76.0 Å². The van der Waals surface area contributed by atoms with E-state index in [-0.39, 0.29) is 23.7 Å². The quantitative estimate of drug-likeness (QED) is 0.170. The lowest BCUT2D eigenvalue weighted by molar-refractivity contribution is -0.139. The second-order valence-electron chi connectivity index (χ2n) is 10.1. The fourth-order valence-corrected chi connectivity index (χ4v) is 4.97. The molecule has 0 radical (unpaired) electrons. The van der Waals surface area contributed by atoms with Gasteiger partial charge in [-0.1, -0.05) is 87.4 Å². The van der Waals surface area contributed by atoms with Crippen LogP contribution in [0.3, 0.4) is 0 Å². The highest BCUT2D eigenvalue weighted by atomic mass is 32.1. The Hall–Kier alpha value is -2.93. The average Bonchev–Trinajstić information content (AvgIpc) is 2.84. The van der Waals surface area contributed by atoms with E-state index in [2.05, 4.69) is 10.6 Å². The van der Waals surface area contributed by atoms with Gasteiger partial charge in [0.15, 0.2) is 5.11 Å². The van der Waals surface area contributed by atoms with Crippen molar-refractivity contribution in [3.63, 3.8) is 0 Å². The molecule has 2 aromatic rings. The summed E-state index contributed by atoms with van der Waals surface area (Å²) >= 11 is 5.39. The van der Waals surface area contributed by atoms with Crippen LogP contribution in [0.5, 0.6) is 0 Å². The summed E-state index contributed by atoms with van der Waals surface area (Å²) in [5.74, 6) is -1.56. The number of unbranched alkanes of at least 4 members (excludes halogenated alkanes) is 2. The zero-order chi connectivity index (χ0) is 26.4. The highest BCUT2D eigenvalue weighted by Crippen LogP contribution is 2.34. The topological polar surface area (TPSA) is 98.7 Å². The van der Waals surface area contributed by atoms with Crippen molar-refractivity contribution in [1.82, 2.24) is 10.6 Å². The van der Waals surface area contributed by atoms with Gasteiger partial charge in [0.05, 0.1) is 12.8 Å². The van der Waals surface area contributed by atoms with Crippen LogP contribution >= 0.6 is 12.2 Å². The van der Waals surface area contributed by atoms with E-state index in [4.69, 9.17) is 12.2 Å². The van der Waals surface area contributed by atoms with Crippen molar-refractivity contribution in [3.05, 3.63) is 71.8 Å². The molecule has 0 aliphatic heterocycles. The number of carboxylic acid groups (broad SMARTS) is 2. The zero-order valence-electron chi connectivity index (χ0n) is 21.5. The molecule has 0 aliphatic rings. The Morgan fingerprint density at radius 1 is 0.694 bits per heavy atom. The summed E-state index contributed by atoms with van der Waals surface area (Å²) < 4.78 is 0. The maximum Gasteiger partial charge on any atom is 0.304 e. The lowest BCUT2D eigenvalue weighted by atomic mass is 9.75. The fraction of sp³-hybridized carbons (Fsp3) is 0.483. The predicted octanol–water partition coefficient (Wildman–Crippen LogP) is 5.66. The zero-order valence-corrected chi connectivity index (χ0v) is 22.3. The van der Waals surface area contributed by atoms with Crippen molar-refractivity contribution in [1.29, 1.82) is 0 Å². The van der Waals surface area contributed by atoms with Gasteiger partial charge in [0.1, 0.15) is 0 Å². The van der Waals surface area contributed by atoms with Crippen molar-refractivity contribution >= 4 is 29.3 Å². The first kappa shape index (κ1) is 29.3. The van der Waals surface area contributed by atoms with Gasteiger partial charge < -0.3 is 20.8 Å². The second-order valence-corrected chi connectivity index (χ2v) is 10.5. The molecule has 0 aliphatic carbocycles. The molecule has 4 N–H and O–H groups in total. The number of aliphatic carboxylic acids is 2. The first-order valence-electron chi connectivity index (χ1n) is 12.7. The van der Waals surface area contributed by atoms with E-state index in [1.807, 2.05) is 74.5 Å². The molecule has 0 heterocycles. The minimum absolute atomic E-state index is 0.111. The highest BCUT2D eigenvalue weighted by molar-refractivity contribution is 7.80. The van der Waals surface area contributed by atoms with Crippen LogP contribution in [0.1, 0.15) is 76.3 Å². The molecule has 36 heavy (non-hydrogen) atoms. The lowest BCUT2D eigenvalue weighted by Gasteiger charge is -2.29. The standard InChI is InChI=1S/C29H40N2O4S/c1-28(21-25(32)33,23-13-5-3-6-14-23)17-9-11-19-30-27(36)31-20-12-10-18-29(2,22-26(34)35)24-15-7-4-8-16-24/h3-8,13-16H,9-12,17-22H2,1-2H3,(H,32,33)(H,34,35)(H2,30,31,36). The average molecular weight is 513 g/mol. The van der Waals surface area contributed by atoms with Gasteiger partial charge in [0.2, 0.25) is 0 Å². The van der Waals surface area contributed by atoms with E-state index in [0.29, 0.717) is 5.11 Å². The SMILES string of the molecule is CC(CCCCNC(=S)NCCCCC(C)(CC(=O)O)c1ccccc1)(CC(=O)O)c1ccccc1. The summed E-state index contributed by atoms with van der Waals surface area (Å²) in [6.07, 6.45) is 5.40. The maximum atomic E-state index is 11.4. The Kier molecular flexibility index (Phi) is 11.9. The molecule has 0 bridgehead atoms. The summed E-state index contributed by atoms with van der Waals surface area (Å²) in [5, 5.41) is 25.9. The number of hydrogen-bond donors (Lipinski definition) is 4. The summed E-state index contributed by atoms with van der Waals surface area (Å²) in [5.41, 5.74) is 1.34. The van der Waals surface area contributed by atoms with Gasteiger partial charge in [-0.25, -0.2) is 0 Å². The molecule has 0 fully saturated rings. The van der Waals surface area contributed by atoms with E-state index in [1.54, 1.807) is 0 Å². The molecule has 2 unspecified atom stereocenters. The van der Waals surface area contributed by atoms with Crippen LogP contribution in [0.25, 0.3) is 0 Å². The van der Waals surface area contributed by atoms with Gasteiger partial charge in [0.25, 0.3) is 0 Å². The van der Waals surface area contributed by atoms with Crippen LogP contribution in [0.2, 0.25) is 0 Å². The monoisotopic (exact) mass is 512 g/mol. The third-order valence-corrected chi connectivity index (χ3v) is 7.19. The van der Waals surface area contributed by atoms with E-state index >= 15 is 0 Å². The first-order valence-corrected chi connectivity index (χ1v) is 13.1. The van der Waals surface area contributed by atoms with E-state index in [0.717, 1.165) is 62.7 Å². The number of carboxylic acids is 2. The predicted molar refractivity (Wildman–Crippen MR) is 148 cm³/mol. The smallest absolute Gasteiger partial charge is 0.304 e. The number of benzene rings is 2. The third kappa shape index (κ3) is 9.97. The van der Waals surface area contributed by atoms with Crippen molar-refractivity contribution < 1.29 is 19.8 Å². The van der Waals surface area contributed by atoms with Crippen molar-refractivity contribution in [3.8, 4) is 0 Å². The van der Waals surface area contributed by atoms with Crippen LogP contribution in [-0.2, 0) is 20.4 Å². The number of carbonyl (C=O) groups is 2. The largest absolute Gasteiger partial charge is 0.481 e. The molecular weight excluding hydrogens is 472 g/mol. The van der Waals surface area contributed by atoms with Crippen LogP contribution in [0.4, 0.5) is 0 Å². The van der Waals surface area contributed by atoms with Gasteiger partial charge in [0, 0.05) is 23.9 Å². The third-order valence-electron chi connectivity index (χ3n) is 6.91. The van der Waals surface area contributed by atoms with Crippen LogP contribution in [-0.4, -0.2) is 40.4 Å². The number of thiocarbonyl (C=S) groups is 1. The first-order chi connectivity index (χ1) is 17.1. The normalized spacial score (nSPS) is 14.3. The molecule has 2 aromatic carbocycles. The van der Waals surface area contributed by atoms with Crippen LogP contribution < -0.4 is 10.6 Å². The fourth-order valence-electron chi connectivity index (χ4n) is 4.76. The minimum Gasteiger partial charge on any atom is -0.481 e. The molecule has 6 nitrogen and oxygen atoms in total. The van der Waals surface area contributed by atoms with Gasteiger partial charge in [-0.2, -0.15) is 0 Å². The van der Waals surface area contributed by atoms with Crippen molar-refractivity contribution in [2.75, 3.05) is 13.1 Å². The summed E-state index contributed by atoms with van der Waals surface area (Å²) in [7, 11) is 0. The Morgan fingerprint density at radius 2 is 1.06 bits per heavy atom. The maximum absolute atomic E-state index is 11.4. The number of nitrogens with one attached hydrogen (secondary N) is 2. The molecule has 2 atom stereocenters. The molecule has 2 rings (SSSR count). The van der Waals surface area contributed by atoms with E-state index < -0.39 is 11.9 Å². The molecule has 0 saturated carbocycles. The molecule has 7 heteroatoms. The van der Waals surface area contributed by atoms with Gasteiger partial charge in [-0.15, -0.1) is 0 Å². The minimum atomic E-state index is -0.781. The van der Waals surface area contributed by atoms with Crippen molar-refractivity contribution in [2.24, 2.45) is 0 Å². The van der Waals surface area contributed by atoms with Gasteiger partial charge in [-0.3, -0.25) is 9.59 Å². The van der Waals surface area contributed by atoms with Gasteiger partial charge in [-0.05, 0) is 49.0 Å². The number of hydrogen-bond acceptors (Lipinski definition) is 3. The highest BCUT2D eigenvalue weighted by Gasteiger charge is 2.30. The Bertz CT molecular complexity index is 892. The molecule has 0 amide bonds. The summed E-state index contributed by atoms with van der Waals surface area (Å²) in [6.45, 7) is 5.51. The van der Waals surface area contributed by atoms with E-state index in [9.17, 15) is 19.8 Å². The molecular formula is C29H40N2O4S. The molecule has 0 aromatic heterocycles. The number of rotatable bonds is 16. The summed E-state index contributed by atoms with van der Waals surface area (Å²) in [4.78, 5) is 22.8. The van der Waals surface area contributed by atoms with Crippen LogP contribution in [0.15, 0.2) is 60.7 Å². The second kappa shape index (κ2) is 14.6. The molecule has 196 valence electrons. The van der Waals surface area contributed by atoms with Crippen LogP contribution in [0, 0.1) is 0 Å². The Balaban J connectivity index is 1.67. The molecule has 0 saturated heterocycles. The lowest BCUT2D eigenvalue weighted by Crippen LogP contribution is -2.36. The van der Waals surface area contributed by atoms with Gasteiger partial charge >= 0.3 is 11.9 Å². The summed E-state index contributed by atoms with van der Waals surface area (Å²) in [6, 6.07) is 19.7. The Labute approximate surface area is 220 Å². The molecule has 0 spiro atoms. The Morgan fingerprint density at radius 3 is 1.39 bits per heavy atom.